The van der Waals surface area contributed by atoms with Crippen LogP contribution in [0.4, 0.5) is 0 Å². The van der Waals surface area contributed by atoms with Crippen molar-refractivity contribution in [1.29, 1.82) is 0 Å². The van der Waals surface area contributed by atoms with Crippen LogP contribution < -0.4 is 88.2 Å². The van der Waals surface area contributed by atoms with Gasteiger partial charge in [0.15, 0.2) is 0 Å². The van der Waals surface area contributed by atoms with Crippen LogP contribution in [0.5, 0.6) is 0 Å². The first kappa shape index (κ1) is 42.7. The van der Waals surface area contributed by atoms with Gasteiger partial charge in [-0.1, -0.05) is 110 Å². The molecule has 0 atom stereocenters. The Morgan fingerprint density at radius 3 is 1.06 bits per heavy atom. The minimum atomic E-state index is -1.63. The summed E-state index contributed by atoms with van der Waals surface area (Å²) in [5.41, 5.74) is 0. The molecule has 0 N–H and O–H groups in total. The predicted octanol–water partition coefficient (Wildman–Crippen LogP) is -3.86. The predicted molar refractivity (Wildman–Crippen MR) is 113 cm³/mol. The summed E-state index contributed by atoms with van der Waals surface area (Å²) in [6.45, 7) is 6.97. The Balaban J connectivity index is -0.000000195. The van der Waals surface area contributed by atoms with E-state index in [2.05, 4.69) is 20.8 Å². The number of rotatable bonds is 19. The van der Waals surface area contributed by atoms with Crippen LogP contribution in [-0.2, 0) is 9.59 Å². The topological polar surface area (TPSA) is 80.3 Å². The van der Waals surface area contributed by atoms with E-state index in [0.717, 1.165) is 0 Å². The molecule has 0 rings (SSSR count). The number of carboxylic acid groups (broad SMARTS) is 2. The summed E-state index contributed by atoms with van der Waals surface area (Å²) in [7, 11) is 0. The zero-order valence-corrected chi connectivity index (χ0v) is 25.9. The zero-order chi connectivity index (χ0) is 21.5. The first-order chi connectivity index (χ1) is 13.4. The van der Waals surface area contributed by atoms with Crippen molar-refractivity contribution in [3.05, 3.63) is 5.92 Å². The number of carbonyl (C=O) groups excluding carboxylic acids is 2. The Kier molecular flexibility index (Phi) is 49.7. The van der Waals surface area contributed by atoms with Crippen LogP contribution in [0.15, 0.2) is 0 Å². The SMILES string of the molecule is CCCCCCCCCCCC[C-](C)CCCCCCC.O=C([O-])CC(=O)[O-].[Li+].[Na+].[Na+]. The Bertz CT molecular complexity index is 346. The van der Waals surface area contributed by atoms with Crippen molar-refractivity contribution in [2.75, 3.05) is 0 Å². The summed E-state index contributed by atoms with van der Waals surface area (Å²) in [6, 6.07) is 0. The molecule has 0 aliphatic heterocycles. The maximum atomic E-state index is 9.28. The largest absolute Gasteiger partial charge is 1.00 e. The van der Waals surface area contributed by atoms with Crippen molar-refractivity contribution < 1.29 is 97.8 Å². The second kappa shape index (κ2) is 36.1. The number of hydrogen-bond acceptors (Lipinski definition) is 4. The molecule has 0 fully saturated rings. The third kappa shape index (κ3) is 45.7. The van der Waals surface area contributed by atoms with Crippen LogP contribution in [0.2, 0.25) is 0 Å². The molecule has 0 heterocycles. The number of aliphatic carboxylic acids is 2. The van der Waals surface area contributed by atoms with Crippen LogP contribution >= 0.6 is 0 Å². The quantitative estimate of drug-likeness (QED) is 0.0874. The van der Waals surface area contributed by atoms with Gasteiger partial charge in [-0.3, -0.25) is 0 Å². The van der Waals surface area contributed by atoms with Gasteiger partial charge in [-0.25, -0.2) is 0 Å². The third-order valence-corrected chi connectivity index (χ3v) is 4.95. The molecule has 0 aromatic heterocycles. The van der Waals surface area contributed by atoms with Gasteiger partial charge in [-0.2, -0.15) is 19.8 Å². The summed E-state index contributed by atoms with van der Waals surface area (Å²) >= 11 is 0. The number of carbonyl (C=O) groups is 2. The smallest absolute Gasteiger partial charge is 0.550 e. The normalized spacial score (nSPS) is 9.55. The van der Waals surface area contributed by atoms with Crippen molar-refractivity contribution in [1.82, 2.24) is 0 Å². The van der Waals surface area contributed by atoms with Gasteiger partial charge >= 0.3 is 78.0 Å². The molecule has 0 bridgehead atoms. The molecule has 0 radical (unpaired) electrons. The van der Waals surface area contributed by atoms with Crippen molar-refractivity contribution >= 4 is 11.9 Å². The molecule has 31 heavy (non-hydrogen) atoms. The van der Waals surface area contributed by atoms with Crippen LogP contribution in [-0.4, -0.2) is 11.9 Å². The fraction of sp³-hybridized carbons (Fsp3) is 0.875. The summed E-state index contributed by atoms with van der Waals surface area (Å²) in [5, 5.41) is 18.6. The van der Waals surface area contributed by atoms with E-state index < -0.39 is 18.4 Å². The van der Waals surface area contributed by atoms with E-state index >= 15 is 0 Å². The standard InChI is InChI=1S/C21H43.C3H4O4.Li.2Na/c1-4-6-8-10-11-12-13-14-16-18-20-21(3)19-17-15-9-7-5-2;4-2(5)1-3(6)7;;;/h4-20H2,1-3H3;1H2,(H,4,5)(H,6,7);;;/q-1;;3*+1/p-2. The molecule has 0 saturated heterocycles. The Hall–Kier alpha value is 1.54. The van der Waals surface area contributed by atoms with Crippen LogP contribution in [0.3, 0.4) is 0 Å². The molecule has 0 aliphatic carbocycles. The van der Waals surface area contributed by atoms with Crippen molar-refractivity contribution in [3.8, 4) is 0 Å². The minimum Gasteiger partial charge on any atom is -0.550 e. The van der Waals surface area contributed by atoms with E-state index in [-0.39, 0.29) is 78.0 Å². The Labute approximate surface area is 249 Å². The molecule has 7 heteroatoms. The monoisotopic (exact) mass is 450 g/mol. The molecule has 4 nitrogen and oxygen atoms in total. The molecule has 0 unspecified atom stereocenters. The van der Waals surface area contributed by atoms with E-state index in [1.807, 2.05) is 0 Å². The van der Waals surface area contributed by atoms with Crippen LogP contribution in [0.1, 0.15) is 136 Å². The van der Waals surface area contributed by atoms with E-state index in [9.17, 15) is 19.8 Å². The van der Waals surface area contributed by atoms with Gasteiger partial charge in [0.25, 0.3) is 0 Å². The van der Waals surface area contributed by atoms with Gasteiger partial charge in [-0.05, 0) is 0 Å². The second-order valence-electron chi connectivity index (χ2n) is 7.97. The molecule has 0 aromatic rings. The number of unbranched alkanes of at least 4 members (excludes halogenated alkanes) is 13. The molecule has 0 spiro atoms. The van der Waals surface area contributed by atoms with Gasteiger partial charge in [0.2, 0.25) is 0 Å². The summed E-state index contributed by atoms with van der Waals surface area (Å²) in [4.78, 5) is 18.6. The van der Waals surface area contributed by atoms with Crippen LogP contribution in [0, 0.1) is 5.92 Å². The summed E-state index contributed by atoms with van der Waals surface area (Å²) in [6.07, 6.45) is 23.4. The summed E-state index contributed by atoms with van der Waals surface area (Å²) in [5.74, 6) is -1.49. The van der Waals surface area contributed by atoms with Crippen molar-refractivity contribution in [2.24, 2.45) is 0 Å². The van der Waals surface area contributed by atoms with E-state index in [1.165, 1.54) is 109 Å². The maximum absolute atomic E-state index is 9.28. The van der Waals surface area contributed by atoms with Crippen LogP contribution in [0.25, 0.3) is 0 Å². The number of carboxylic acids is 2. The first-order valence-electron chi connectivity index (χ1n) is 11.6. The Morgan fingerprint density at radius 1 is 0.581 bits per heavy atom. The fourth-order valence-corrected chi connectivity index (χ4v) is 3.19. The molecular weight excluding hydrogens is 405 g/mol. The van der Waals surface area contributed by atoms with Gasteiger partial charge in [0, 0.05) is 18.4 Å². The van der Waals surface area contributed by atoms with Gasteiger partial charge in [0.05, 0.1) is 0 Å². The average molecular weight is 451 g/mol. The van der Waals surface area contributed by atoms with Gasteiger partial charge < -0.3 is 25.7 Å². The molecule has 0 amide bonds. The average Bonchev–Trinajstić information content (AvgIpc) is 2.62. The van der Waals surface area contributed by atoms with Gasteiger partial charge in [-0.15, -0.1) is 0 Å². The molecule has 0 aliphatic rings. The van der Waals surface area contributed by atoms with E-state index in [4.69, 9.17) is 0 Å². The molecule has 0 saturated carbocycles. The Morgan fingerprint density at radius 2 is 0.839 bits per heavy atom. The van der Waals surface area contributed by atoms with Crippen molar-refractivity contribution in [2.45, 2.75) is 136 Å². The fourth-order valence-electron chi connectivity index (χ4n) is 3.19. The maximum Gasteiger partial charge on any atom is 1.00 e. The molecule has 168 valence electrons. The van der Waals surface area contributed by atoms with Crippen molar-refractivity contribution in [3.63, 3.8) is 0 Å². The third-order valence-electron chi connectivity index (χ3n) is 4.95. The summed E-state index contributed by atoms with van der Waals surface area (Å²) < 4.78 is 0. The minimum absolute atomic E-state index is 0. The first-order valence-corrected chi connectivity index (χ1v) is 11.6. The molecule has 0 aromatic carbocycles. The second-order valence-corrected chi connectivity index (χ2v) is 7.97. The number of hydrogen-bond donors (Lipinski definition) is 0. The zero-order valence-electron chi connectivity index (χ0n) is 21.9. The van der Waals surface area contributed by atoms with E-state index in [0.29, 0.717) is 0 Å². The molecular formula is C24H45LiNa2O4. The van der Waals surface area contributed by atoms with E-state index in [1.54, 1.807) is 5.92 Å². The van der Waals surface area contributed by atoms with Gasteiger partial charge in [0.1, 0.15) is 0 Å².